The van der Waals surface area contributed by atoms with Crippen LogP contribution in [0.25, 0.3) is 0 Å². The molecule has 0 saturated heterocycles. The number of rotatable bonds is 10. The summed E-state index contributed by atoms with van der Waals surface area (Å²) in [6.07, 6.45) is 5.28. The van der Waals surface area contributed by atoms with Gasteiger partial charge < -0.3 is 29.9 Å². The number of carbonyl (C=O) groups excluding carboxylic acids is 1. The summed E-state index contributed by atoms with van der Waals surface area (Å²) in [7, 11) is 0. The molecule has 1 aliphatic rings. The van der Waals surface area contributed by atoms with Crippen LogP contribution >= 0.6 is 11.6 Å². The van der Waals surface area contributed by atoms with Crippen LogP contribution in [0.1, 0.15) is 18.9 Å². The molecular weight excluding hydrogens is 488 g/mol. The van der Waals surface area contributed by atoms with E-state index in [4.69, 9.17) is 31.3 Å². The number of benzene rings is 2. The third kappa shape index (κ3) is 9.81. The van der Waals surface area contributed by atoms with E-state index in [0.29, 0.717) is 36.9 Å². The number of nitrogens with one attached hydrogen (secondary N) is 1. The Morgan fingerprint density at radius 2 is 1.81 bits per heavy atom. The second-order valence-electron chi connectivity index (χ2n) is 7.40. The Labute approximate surface area is 214 Å². The summed E-state index contributed by atoms with van der Waals surface area (Å²) in [4.78, 5) is 32.6. The van der Waals surface area contributed by atoms with Gasteiger partial charge in [-0.25, -0.2) is 14.4 Å². The summed E-state index contributed by atoms with van der Waals surface area (Å²) in [5.41, 5.74) is 3.25. The fourth-order valence-electron chi connectivity index (χ4n) is 3.27. The lowest BCUT2D eigenvalue weighted by molar-refractivity contribution is -0.137. The largest absolute Gasteiger partial charge is 0.487 e. The normalized spacial score (nSPS) is 12.1. The Kier molecular flexibility index (Phi) is 12.0. The number of hydrogen-bond donors (Lipinski definition) is 3. The molecule has 1 aliphatic heterocycles. The highest BCUT2D eigenvalue weighted by atomic mass is 35.5. The van der Waals surface area contributed by atoms with E-state index < -0.39 is 11.9 Å². The van der Waals surface area contributed by atoms with E-state index in [1.807, 2.05) is 36.4 Å². The highest BCUT2D eigenvalue weighted by Gasteiger charge is 2.21. The van der Waals surface area contributed by atoms with Gasteiger partial charge in [0.15, 0.2) is 0 Å². The van der Waals surface area contributed by atoms with Crippen molar-refractivity contribution in [1.29, 1.82) is 0 Å². The standard InChI is InChI=1S/C22H25ClN2O3.C4H4O4/c1-2-27-22(26)9-5-12-24-13-6-14-25-19-7-3-4-8-21(19)28-16-17-10-11-18(23)15-20(17)25;5-3(6)1-2-4(7)8/h3-5,7-11,15,24H,2,6,12-14,16H2,1H3;1-2H,(H,5,6)(H,7,8)/b9-5+;2-1-. The number of fused-ring (bicyclic) bond motifs is 2. The van der Waals surface area contributed by atoms with E-state index in [0.717, 1.165) is 42.2 Å². The van der Waals surface area contributed by atoms with Crippen LogP contribution in [0.4, 0.5) is 11.4 Å². The van der Waals surface area contributed by atoms with Crippen LogP contribution < -0.4 is 15.0 Å². The first-order valence-corrected chi connectivity index (χ1v) is 11.6. The average molecular weight is 517 g/mol. The van der Waals surface area contributed by atoms with Crippen molar-refractivity contribution in [2.45, 2.75) is 20.0 Å². The van der Waals surface area contributed by atoms with E-state index in [2.05, 4.69) is 16.3 Å². The van der Waals surface area contributed by atoms with Crippen LogP contribution in [0.15, 0.2) is 66.8 Å². The summed E-state index contributed by atoms with van der Waals surface area (Å²) < 4.78 is 10.8. The summed E-state index contributed by atoms with van der Waals surface area (Å²) >= 11 is 6.26. The molecule has 0 atom stereocenters. The third-order valence-corrected chi connectivity index (χ3v) is 5.02. The number of para-hydroxylation sites is 2. The summed E-state index contributed by atoms with van der Waals surface area (Å²) in [5, 5.41) is 19.7. The highest BCUT2D eigenvalue weighted by Crippen LogP contribution is 2.40. The number of nitrogens with zero attached hydrogens (tertiary/aromatic N) is 1. The lowest BCUT2D eigenvalue weighted by atomic mass is 10.1. The van der Waals surface area contributed by atoms with Crippen LogP contribution in [0, 0.1) is 0 Å². The maximum atomic E-state index is 11.3. The molecule has 2 aromatic rings. The Balaban J connectivity index is 0.000000493. The van der Waals surface area contributed by atoms with Gasteiger partial charge in [0.05, 0.1) is 12.3 Å². The fourth-order valence-corrected chi connectivity index (χ4v) is 3.44. The predicted octanol–water partition coefficient (Wildman–Crippen LogP) is 4.18. The molecule has 2 aromatic carbocycles. The number of halogens is 1. The lowest BCUT2D eigenvalue weighted by Crippen LogP contribution is -2.24. The maximum Gasteiger partial charge on any atom is 0.330 e. The first-order chi connectivity index (χ1) is 17.3. The number of hydrogen-bond acceptors (Lipinski definition) is 7. The molecule has 0 unspecified atom stereocenters. The maximum absolute atomic E-state index is 11.3. The Bertz CT molecular complexity index is 1090. The van der Waals surface area contributed by atoms with Gasteiger partial charge in [-0.15, -0.1) is 0 Å². The molecule has 9 nitrogen and oxygen atoms in total. The zero-order chi connectivity index (χ0) is 26.3. The number of carboxylic acids is 2. The minimum absolute atomic E-state index is 0.307. The van der Waals surface area contributed by atoms with Crippen molar-refractivity contribution in [2.75, 3.05) is 31.1 Å². The quantitative estimate of drug-likeness (QED) is 0.242. The van der Waals surface area contributed by atoms with E-state index in [1.165, 1.54) is 6.08 Å². The Morgan fingerprint density at radius 1 is 1.08 bits per heavy atom. The van der Waals surface area contributed by atoms with Crippen LogP contribution in [0.2, 0.25) is 5.02 Å². The van der Waals surface area contributed by atoms with Gasteiger partial charge in [-0.3, -0.25) is 0 Å². The molecule has 3 N–H and O–H groups in total. The molecular formula is C26H29ClN2O7. The number of aliphatic carboxylic acids is 2. The van der Waals surface area contributed by atoms with E-state index >= 15 is 0 Å². The lowest BCUT2D eigenvalue weighted by Gasteiger charge is -2.26. The van der Waals surface area contributed by atoms with E-state index in [9.17, 15) is 14.4 Å². The van der Waals surface area contributed by atoms with E-state index in [1.54, 1.807) is 13.0 Å². The molecule has 3 rings (SSSR count). The molecule has 0 bridgehead atoms. The number of ether oxygens (including phenoxy) is 2. The summed E-state index contributed by atoms with van der Waals surface area (Å²) in [6, 6.07) is 14.0. The van der Waals surface area contributed by atoms with Gasteiger partial charge in [0.1, 0.15) is 12.4 Å². The minimum atomic E-state index is -1.26. The first kappa shape index (κ1) is 28.4. The van der Waals surface area contributed by atoms with Gasteiger partial charge in [0, 0.05) is 47.6 Å². The van der Waals surface area contributed by atoms with Gasteiger partial charge in [-0.2, -0.15) is 0 Å². The van der Waals surface area contributed by atoms with Crippen molar-refractivity contribution in [3.8, 4) is 5.75 Å². The SMILES string of the molecule is CCOC(=O)/C=C/CNCCCN1c2cc(Cl)ccc2COc2ccccc21.O=C(O)/C=C\C(=O)O. The highest BCUT2D eigenvalue weighted by molar-refractivity contribution is 6.30. The van der Waals surface area contributed by atoms with Crippen molar-refractivity contribution in [1.82, 2.24) is 5.32 Å². The van der Waals surface area contributed by atoms with Crippen LogP contribution in [0.3, 0.4) is 0 Å². The van der Waals surface area contributed by atoms with Gasteiger partial charge in [-0.05, 0) is 44.2 Å². The van der Waals surface area contributed by atoms with Crippen molar-refractivity contribution in [2.24, 2.45) is 0 Å². The molecule has 0 aliphatic carbocycles. The molecule has 192 valence electrons. The second-order valence-corrected chi connectivity index (χ2v) is 7.84. The molecule has 0 saturated carbocycles. The smallest absolute Gasteiger partial charge is 0.330 e. The molecule has 1 heterocycles. The van der Waals surface area contributed by atoms with Crippen molar-refractivity contribution >= 4 is 40.9 Å². The molecule has 0 fully saturated rings. The zero-order valence-electron chi connectivity index (χ0n) is 19.9. The van der Waals surface area contributed by atoms with Crippen LogP contribution in [-0.4, -0.2) is 54.4 Å². The molecule has 0 spiro atoms. The fraction of sp³-hybridized carbons (Fsp3) is 0.269. The van der Waals surface area contributed by atoms with Crippen LogP contribution in [0.5, 0.6) is 5.75 Å². The van der Waals surface area contributed by atoms with Gasteiger partial charge >= 0.3 is 17.9 Å². The number of carboxylic acid groups (broad SMARTS) is 2. The molecule has 0 amide bonds. The number of carbonyl (C=O) groups is 3. The third-order valence-electron chi connectivity index (χ3n) is 4.78. The molecule has 0 aromatic heterocycles. The monoisotopic (exact) mass is 516 g/mol. The first-order valence-electron chi connectivity index (χ1n) is 11.3. The van der Waals surface area contributed by atoms with E-state index in [-0.39, 0.29) is 5.97 Å². The second kappa shape index (κ2) is 15.2. The van der Waals surface area contributed by atoms with Crippen molar-refractivity contribution in [3.63, 3.8) is 0 Å². The summed E-state index contributed by atoms with van der Waals surface area (Å²) in [6.45, 7) is 4.98. The van der Waals surface area contributed by atoms with Gasteiger partial charge in [0.2, 0.25) is 0 Å². The number of anilines is 2. The molecule has 36 heavy (non-hydrogen) atoms. The number of esters is 1. The van der Waals surface area contributed by atoms with Gasteiger partial charge in [-0.1, -0.05) is 35.9 Å². The van der Waals surface area contributed by atoms with Crippen LogP contribution in [-0.2, 0) is 25.7 Å². The Hall–Kier alpha value is -3.82. The minimum Gasteiger partial charge on any atom is -0.487 e. The average Bonchev–Trinajstić information content (AvgIpc) is 2.99. The van der Waals surface area contributed by atoms with Crippen molar-refractivity contribution < 1.29 is 34.1 Å². The van der Waals surface area contributed by atoms with Gasteiger partial charge in [0.25, 0.3) is 0 Å². The zero-order valence-corrected chi connectivity index (χ0v) is 20.6. The molecule has 10 heteroatoms. The topological polar surface area (TPSA) is 125 Å². The molecule has 0 radical (unpaired) electrons. The Morgan fingerprint density at radius 3 is 2.50 bits per heavy atom. The summed E-state index contributed by atoms with van der Waals surface area (Å²) in [5.74, 6) is -1.95. The predicted molar refractivity (Wildman–Crippen MR) is 137 cm³/mol. The van der Waals surface area contributed by atoms with Crippen molar-refractivity contribution in [3.05, 3.63) is 77.4 Å².